The number of nitrogens with zero attached hydrogens (tertiary/aromatic N) is 3. The number of likely N-dealkylation sites (tertiary alicyclic amines) is 1. The Labute approximate surface area is 164 Å². The molecule has 2 aliphatic heterocycles. The number of carbonyl (C=O) groups is 1. The molecule has 3 atom stereocenters. The van der Waals surface area contributed by atoms with Gasteiger partial charge in [0.2, 0.25) is 17.6 Å². The number of hydrogen-bond acceptors (Lipinski definition) is 7. The Balaban J connectivity index is 1.30. The molecule has 150 valence electrons. The molecule has 28 heavy (non-hydrogen) atoms. The summed E-state index contributed by atoms with van der Waals surface area (Å²) in [5.74, 6) is 0.880. The monoisotopic (exact) mass is 404 g/mol. The van der Waals surface area contributed by atoms with Crippen LogP contribution in [0.1, 0.15) is 24.3 Å². The van der Waals surface area contributed by atoms with Crippen LogP contribution in [0.2, 0.25) is 0 Å². The highest BCUT2D eigenvalue weighted by atomic mass is 32.2. The average Bonchev–Trinajstić information content (AvgIpc) is 3.33. The van der Waals surface area contributed by atoms with Gasteiger partial charge in [0.05, 0.1) is 11.0 Å². The summed E-state index contributed by atoms with van der Waals surface area (Å²) in [6.07, 6.45) is 1.39. The molecule has 1 aromatic heterocycles. The number of nitrogens with two attached hydrogens (primary N) is 1. The summed E-state index contributed by atoms with van der Waals surface area (Å²) in [6, 6.07) is 7.48. The molecule has 2 aliphatic rings. The van der Waals surface area contributed by atoms with E-state index < -0.39 is 15.1 Å². The number of aromatic nitrogens is 2. The lowest BCUT2D eigenvalue weighted by Gasteiger charge is -2.18. The van der Waals surface area contributed by atoms with Crippen LogP contribution in [0, 0.1) is 12.8 Å². The van der Waals surface area contributed by atoms with Crippen molar-refractivity contribution in [2.24, 2.45) is 11.7 Å². The molecular formula is C19H24N4O4S. The first-order chi connectivity index (χ1) is 13.3. The number of rotatable bonds is 5. The van der Waals surface area contributed by atoms with Crippen LogP contribution in [0.25, 0.3) is 11.4 Å². The van der Waals surface area contributed by atoms with Crippen LogP contribution < -0.4 is 5.73 Å². The quantitative estimate of drug-likeness (QED) is 0.788. The summed E-state index contributed by atoms with van der Waals surface area (Å²) >= 11 is 0. The molecule has 0 aliphatic carbocycles. The lowest BCUT2D eigenvalue weighted by molar-refractivity contribution is -0.130. The van der Waals surface area contributed by atoms with Gasteiger partial charge in [0, 0.05) is 43.5 Å². The van der Waals surface area contributed by atoms with Crippen molar-refractivity contribution in [2.45, 2.75) is 37.5 Å². The molecule has 3 heterocycles. The highest BCUT2D eigenvalue weighted by Crippen LogP contribution is 2.33. The van der Waals surface area contributed by atoms with Crippen LogP contribution in [0.3, 0.4) is 0 Å². The van der Waals surface area contributed by atoms with E-state index >= 15 is 0 Å². The van der Waals surface area contributed by atoms with Crippen molar-refractivity contribution in [3.63, 3.8) is 0 Å². The van der Waals surface area contributed by atoms with E-state index in [4.69, 9.17) is 10.3 Å². The van der Waals surface area contributed by atoms with E-state index in [1.807, 2.05) is 31.2 Å². The van der Waals surface area contributed by atoms with Gasteiger partial charge in [-0.2, -0.15) is 4.98 Å². The standard InChI is InChI=1S/C19H24N4O4S/c1-12-4-2-5-13(8-12)19-21-17(27-22-19)6-3-7-18(24)23-9-14-15(20)11-28(25,26)16(14)10-23/h2,4-5,8,14-16H,3,6-7,9-11,20H2,1H3/t14-,15+,16-/m0/s1. The minimum Gasteiger partial charge on any atom is -0.341 e. The number of aryl methyl sites for hydroxylation is 2. The van der Waals surface area contributed by atoms with Crippen molar-refractivity contribution in [1.82, 2.24) is 15.0 Å². The normalized spacial score (nSPS) is 25.8. The van der Waals surface area contributed by atoms with Gasteiger partial charge < -0.3 is 15.2 Å². The topological polar surface area (TPSA) is 119 Å². The molecule has 2 saturated heterocycles. The van der Waals surface area contributed by atoms with E-state index in [1.54, 1.807) is 4.90 Å². The largest absolute Gasteiger partial charge is 0.341 e. The predicted octanol–water partition coefficient (Wildman–Crippen LogP) is 0.950. The maximum atomic E-state index is 12.5. The Bertz CT molecular complexity index is 987. The molecule has 1 amide bonds. The summed E-state index contributed by atoms with van der Waals surface area (Å²) in [6.45, 7) is 2.69. The molecule has 4 rings (SSSR count). The summed E-state index contributed by atoms with van der Waals surface area (Å²) in [5, 5.41) is 3.50. The third-order valence-corrected chi connectivity index (χ3v) is 7.89. The molecule has 0 unspecified atom stereocenters. The number of amides is 1. The van der Waals surface area contributed by atoms with Gasteiger partial charge in [-0.1, -0.05) is 28.9 Å². The van der Waals surface area contributed by atoms with Gasteiger partial charge >= 0.3 is 0 Å². The third-order valence-electron chi connectivity index (χ3n) is 5.62. The SMILES string of the molecule is Cc1cccc(-c2noc(CCCC(=O)N3C[C@H]4[C@H](N)CS(=O)(=O)[C@H]4C3)n2)c1. The van der Waals surface area contributed by atoms with Crippen LogP contribution in [-0.2, 0) is 21.1 Å². The van der Waals surface area contributed by atoms with E-state index in [2.05, 4.69) is 10.1 Å². The molecular weight excluding hydrogens is 380 g/mol. The fourth-order valence-electron chi connectivity index (χ4n) is 4.12. The fraction of sp³-hybridized carbons (Fsp3) is 0.526. The van der Waals surface area contributed by atoms with Gasteiger partial charge in [0.25, 0.3) is 0 Å². The maximum Gasteiger partial charge on any atom is 0.226 e. The maximum absolute atomic E-state index is 12.5. The summed E-state index contributed by atoms with van der Waals surface area (Å²) in [5.41, 5.74) is 7.96. The van der Waals surface area contributed by atoms with E-state index in [0.717, 1.165) is 11.1 Å². The Kier molecular flexibility index (Phi) is 4.96. The lowest BCUT2D eigenvalue weighted by atomic mass is 10.0. The second-order valence-electron chi connectivity index (χ2n) is 7.73. The number of sulfone groups is 1. The zero-order chi connectivity index (χ0) is 19.9. The van der Waals surface area contributed by atoms with Gasteiger partial charge in [-0.25, -0.2) is 8.42 Å². The van der Waals surface area contributed by atoms with Crippen molar-refractivity contribution >= 4 is 15.7 Å². The van der Waals surface area contributed by atoms with Crippen LogP contribution in [-0.4, -0.2) is 59.5 Å². The first-order valence-corrected chi connectivity index (χ1v) is 11.2. The number of hydrogen-bond donors (Lipinski definition) is 1. The molecule has 8 nitrogen and oxygen atoms in total. The third kappa shape index (κ3) is 3.68. The molecule has 2 N–H and O–H groups in total. The number of benzene rings is 1. The van der Waals surface area contributed by atoms with Crippen LogP contribution in [0.4, 0.5) is 0 Å². The summed E-state index contributed by atoms with van der Waals surface area (Å²) in [7, 11) is -3.18. The molecule has 0 spiro atoms. The van der Waals surface area contributed by atoms with Crippen molar-refractivity contribution < 1.29 is 17.7 Å². The van der Waals surface area contributed by atoms with Crippen molar-refractivity contribution in [2.75, 3.05) is 18.8 Å². The average molecular weight is 404 g/mol. The van der Waals surface area contributed by atoms with Gasteiger partial charge in [-0.15, -0.1) is 0 Å². The van der Waals surface area contributed by atoms with Gasteiger partial charge in [-0.05, 0) is 19.4 Å². The zero-order valence-electron chi connectivity index (χ0n) is 15.7. The minimum atomic E-state index is -3.18. The van der Waals surface area contributed by atoms with Crippen molar-refractivity contribution in [1.29, 1.82) is 0 Å². The Morgan fingerprint density at radius 3 is 2.93 bits per heavy atom. The second-order valence-corrected chi connectivity index (χ2v) is 9.99. The Morgan fingerprint density at radius 1 is 1.36 bits per heavy atom. The van der Waals surface area contributed by atoms with Crippen LogP contribution in [0.15, 0.2) is 28.8 Å². The van der Waals surface area contributed by atoms with Crippen LogP contribution >= 0.6 is 0 Å². The van der Waals surface area contributed by atoms with Gasteiger partial charge in [0.1, 0.15) is 0 Å². The Morgan fingerprint density at radius 2 is 2.18 bits per heavy atom. The smallest absolute Gasteiger partial charge is 0.226 e. The van der Waals surface area contributed by atoms with Crippen molar-refractivity contribution in [3.8, 4) is 11.4 Å². The zero-order valence-corrected chi connectivity index (χ0v) is 16.6. The molecule has 0 bridgehead atoms. The predicted molar refractivity (Wildman–Crippen MR) is 103 cm³/mol. The first-order valence-electron chi connectivity index (χ1n) is 9.48. The number of fused-ring (bicyclic) bond motifs is 1. The Hall–Kier alpha value is -2.26. The fourth-order valence-corrected chi connectivity index (χ4v) is 6.37. The van der Waals surface area contributed by atoms with E-state index in [1.165, 1.54) is 0 Å². The van der Waals surface area contributed by atoms with Gasteiger partial charge in [0.15, 0.2) is 9.84 Å². The lowest BCUT2D eigenvalue weighted by Crippen LogP contribution is -2.35. The van der Waals surface area contributed by atoms with E-state index in [0.29, 0.717) is 37.5 Å². The first kappa shape index (κ1) is 19.1. The molecule has 9 heteroatoms. The van der Waals surface area contributed by atoms with Crippen LogP contribution in [0.5, 0.6) is 0 Å². The summed E-state index contributed by atoms with van der Waals surface area (Å²) in [4.78, 5) is 18.5. The second kappa shape index (κ2) is 7.29. The molecule has 2 aromatic rings. The summed E-state index contributed by atoms with van der Waals surface area (Å²) < 4.78 is 29.5. The molecule has 2 fully saturated rings. The highest BCUT2D eigenvalue weighted by Gasteiger charge is 2.51. The van der Waals surface area contributed by atoms with Gasteiger partial charge in [-0.3, -0.25) is 4.79 Å². The van der Waals surface area contributed by atoms with E-state index in [9.17, 15) is 13.2 Å². The van der Waals surface area contributed by atoms with Crippen molar-refractivity contribution in [3.05, 3.63) is 35.7 Å². The highest BCUT2D eigenvalue weighted by molar-refractivity contribution is 7.92. The molecule has 1 aromatic carbocycles. The minimum absolute atomic E-state index is 0.0325. The van der Waals surface area contributed by atoms with E-state index in [-0.39, 0.29) is 30.2 Å². The number of carbonyl (C=O) groups excluding carboxylic acids is 1. The molecule has 0 radical (unpaired) electrons. The molecule has 0 saturated carbocycles.